The Bertz CT molecular complexity index is 469. The molecule has 1 fully saturated rings. The summed E-state index contributed by atoms with van der Waals surface area (Å²) in [6.07, 6.45) is -0.500. The number of benzene rings is 1. The summed E-state index contributed by atoms with van der Waals surface area (Å²) in [6, 6.07) is 7.09. The lowest BCUT2D eigenvalue weighted by Gasteiger charge is -2.38. The highest BCUT2D eigenvalue weighted by Gasteiger charge is 2.29. The zero-order valence-electron chi connectivity index (χ0n) is 12.2. The number of ether oxygens (including phenoxy) is 1. The van der Waals surface area contributed by atoms with E-state index in [0.29, 0.717) is 19.7 Å². The number of aliphatic hydroxyl groups is 1. The van der Waals surface area contributed by atoms with E-state index in [4.69, 9.17) is 4.74 Å². The number of carbonyl (C=O) groups is 1. The van der Waals surface area contributed by atoms with Gasteiger partial charge in [0.05, 0.1) is 24.9 Å². The lowest BCUT2D eigenvalue weighted by Crippen LogP contribution is -2.51. The van der Waals surface area contributed by atoms with Crippen molar-refractivity contribution in [3.05, 3.63) is 29.8 Å². The molecule has 1 aliphatic heterocycles. The van der Waals surface area contributed by atoms with Gasteiger partial charge in [-0.3, -0.25) is 0 Å². The fourth-order valence-electron chi connectivity index (χ4n) is 2.24. The number of nitrogens with zero attached hydrogens (tertiary/aromatic N) is 1. The van der Waals surface area contributed by atoms with Gasteiger partial charge in [0, 0.05) is 12.2 Å². The minimum atomic E-state index is -0.500. The fourth-order valence-corrected chi connectivity index (χ4v) is 2.24. The molecule has 20 heavy (non-hydrogen) atoms. The molecule has 0 spiro atoms. The number of amides is 2. The van der Waals surface area contributed by atoms with Crippen molar-refractivity contribution in [3.63, 3.8) is 0 Å². The van der Waals surface area contributed by atoms with E-state index in [1.165, 1.54) is 0 Å². The van der Waals surface area contributed by atoms with Crippen LogP contribution in [-0.4, -0.2) is 41.3 Å². The van der Waals surface area contributed by atoms with Crippen LogP contribution in [0.15, 0.2) is 24.3 Å². The maximum atomic E-state index is 12.2. The largest absolute Gasteiger partial charge is 0.389 e. The van der Waals surface area contributed by atoms with Gasteiger partial charge >= 0.3 is 6.03 Å². The van der Waals surface area contributed by atoms with Crippen LogP contribution >= 0.6 is 0 Å². The van der Waals surface area contributed by atoms with Gasteiger partial charge in [-0.2, -0.15) is 0 Å². The predicted molar refractivity (Wildman–Crippen MR) is 77.7 cm³/mol. The highest BCUT2D eigenvalue weighted by Crippen LogP contribution is 2.19. The number of nitrogens with one attached hydrogen (secondary N) is 1. The number of anilines is 1. The highest BCUT2D eigenvalue weighted by molar-refractivity contribution is 5.89. The van der Waals surface area contributed by atoms with E-state index in [9.17, 15) is 9.90 Å². The minimum absolute atomic E-state index is 0.119. The second-order valence-corrected chi connectivity index (χ2v) is 5.76. The van der Waals surface area contributed by atoms with Gasteiger partial charge < -0.3 is 20.1 Å². The van der Waals surface area contributed by atoms with Crippen molar-refractivity contribution >= 4 is 11.7 Å². The smallest absolute Gasteiger partial charge is 0.322 e. The number of rotatable bonds is 2. The summed E-state index contributed by atoms with van der Waals surface area (Å²) < 4.78 is 5.59. The molecule has 2 amide bonds. The van der Waals surface area contributed by atoms with Crippen molar-refractivity contribution in [3.8, 4) is 0 Å². The van der Waals surface area contributed by atoms with Crippen molar-refractivity contribution in [2.45, 2.75) is 32.5 Å². The van der Waals surface area contributed by atoms with Gasteiger partial charge in [-0.15, -0.1) is 0 Å². The molecule has 0 radical (unpaired) electrons. The van der Waals surface area contributed by atoms with Crippen LogP contribution < -0.4 is 5.32 Å². The van der Waals surface area contributed by atoms with Gasteiger partial charge in [-0.25, -0.2) is 4.79 Å². The SMILES string of the molecule is CC(O)c1ccc(NC(=O)N2CCOC(C)(C)C2)cc1. The third-order valence-corrected chi connectivity index (χ3v) is 3.36. The van der Waals surface area contributed by atoms with E-state index in [1.807, 2.05) is 26.0 Å². The van der Waals surface area contributed by atoms with Crippen molar-refractivity contribution in [2.24, 2.45) is 0 Å². The van der Waals surface area contributed by atoms with E-state index in [-0.39, 0.29) is 11.6 Å². The van der Waals surface area contributed by atoms with Crippen molar-refractivity contribution in [1.82, 2.24) is 4.90 Å². The average Bonchev–Trinajstić information content (AvgIpc) is 2.38. The van der Waals surface area contributed by atoms with E-state index in [2.05, 4.69) is 5.32 Å². The standard InChI is InChI=1S/C15H22N2O3/c1-11(18)12-4-6-13(7-5-12)16-14(19)17-8-9-20-15(2,3)10-17/h4-7,11,18H,8-10H2,1-3H3,(H,16,19). The summed E-state index contributed by atoms with van der Waals surface area (Å²) in [5.41, 5.74) is 1.25. The Hall–Kier alpha value is -1.59. The lowest BCUT2D eigenvalue weighted by molar-refractivity contribution is -0.0720. The molecule has 2 N–H and O–H groups in total. The van der Waals surface area contributed by atoms with Gasteiger partial charge in [-0.05, 0) is 38.5 Å². The van der Waals surface area contributed by atoms with Crippen molar-refractivity contribution < 1.29 is 14.6 Å². The Morgan fingerprint density at radius 2 is 2.05 bits per heavy atom. The molecule has 2 rings (SSSR count). The van der Waals surface area contributed by atoms with Crippen LogP contribution in [-0.2, 0) is 4.74 Å². The molecule has 0 saturated carbocycles. The fraction of sp³-hybridized carbons (Fsp3) is 0.533. The zero-order valence-corrected chi connectivity index (χ0v) is 12.2. The Morgan fingerprint density at radius 3 is 2.60 bits per heavy atom. The first-order valence-electron chi connectivity index (χ1n) is 6.85. The molecule has 1 atom stereocenters. The van der Waals surface area contributed by atoms with Gasteiger partial charge in [-0.1, -0.05) is 12.1 Å². The van der Waals surface area contributed by atoms with Crippen LogP contribution in [0.3, 0.4) is 0 Å². The quantitative estimate of drug-likeness (QED) is 0.873. The molecule has 1 unspecified atom stereocenters. The molecular formula is C15H22N2O3. The molecular weight excluding hydrogens is 256 g/mol. The topological polar surface area (TPSA) is 61.8 Å². The van der Waals surface area contributed by atoms with Crippen LogP contribution in [0.25, 0.3) is 0 Å². The van der Waals surface area contributed by atoms with Crippen molar-refractivity contribution in [2.75, 3.05) is 25.0 Å². The molecule has 5 nitrogen and oxygen atoms in total. The molecule has 5 heteroatoms. The predicted octanol–water partition coefficient (Wildman–Crippen LogP) is 2.38. The Balaban J connectivity index is 1.97. The monoisotopic (exact) mass is 278 g/mol. The number of urea groups is 1. The molecule has 1 aliphatic rings. The van der Waals surface area contributed by atoms with Crippen LogP contribution in [0.2, 0.25) is 0 Å². The molecule has 110 valence electrons. The number of aliphatic hydroxyl groups excluding tert-OH is 1. The summed E-state index contributed by atoms with van der Waals surface area (Å²) >= 11 is 0. The Kier molecular flexibility index (Phi) is 4.30. The third-order valence-electron chi connectivity index (χ3n) is 3.36. The first-order chi connectivity index (χ1) is 9.37. The van der Waals surface area contributed by atoms with Gasteiger partial charge in [0.25, 0.3) is 0 Å². The normalized spacial score (nSPS) is 19.5. The maximum Gasteiger partial charge on any atom is 0.322 e. The number of carbonyl (C=O) groups excluding carboxylic acids is 1. The summed E-state index contributed by atoms with van der Waals surface area (Å²) in [5.74, 6) is 0. The van der Waals surface area contributed by atoms with Crippen LogP contribution in [0.4, 0.5) is 10.5 Å². The Labute approximate surface area is 119 Å². The molecule has 1 heterocycles. The molecule has 0 aliphatic carbocycles. The number of hydrogen-bond acceptors (Lipinski definition) is 3. The van der Waals surface area contributed by atoms with E-state index < -0.39 is 6.10 Å². The molecule has 1 saturated heterocycles. The van der Waals surface area contributed by atoms with Crippen molar-refractivity contribution in [1.29, 1.82) is 0 Å². The van der Waals surface area contributed by atoms with Gasteiger partial charge in [0.1, 0.15) is 0 Å². The summed E-state index contributed by atoms with van der Waals surface area (Å²) in [4.78, 5) is 13.9. The van der Waals surface area contributed by atoms with E-state index >= 15 is 0 Å². The zero-order chi connectivity index (χ0) is 14.8. The van der Waals surface area contributed by atoms with Crippen LogP contribution in [0, 0.1) is 0 Å². The van der Waals surface area contributed by atoms with Crippen LogP contribution in [0.5, 0.6) is 0 Å². The summed E-state index contributed by atoms with van der Waals surface area (Å²) in [7, 11) is 0. The molecule has 0 bridgehead atoms. The number of hydrogen-bond donors (Lipinski definition) is 2. The first kappa shape index (κ1) is 14.8. The number of morpholine rings is 1. The molecule has 0 aromatic heterocycles. The second-order valence-electron chi connectivity index (χ2n) is 5.76. The average molecular weight is 278 g/mol. The first-order valence-corrected chi connectivity index (χ1v) is 6.85. The molecule has 1 aromatic carbocycles. The Morgan fingerprint density at radius 1 is 1.40 bits per heavy atom. The van der Waals surface area contributed by atoms with Gasteiger partial charge in [0.15, 0.2) is 0 Å². The minimum Gasteiger partial charge on any atom is -0.389 e. The summed E-state index contributed by atoms with van der Waals surface area (Å²) in [6.45, 7) is 7.39. The maximum absolute atomic E-state index is 12.2. The van der Waals surface area contributed by atoms with Crippen LogP contribution in [0.1, 0.15) is 32.4 Å². The second kappa shape index (κ2) is 5.81. The summed E-state index contributed by atoms with van der Waals surface area (Å²) in [5, 5.41) is 12.3. The van der Waals surface area contributed by atoms with E-state index in [1.54, 1.807) is 24.0 Å². The third kappa shape index (κ3) is 3.71. The highest BCUT2D eigenvalue weighted by atomic mass is 16.5. The molecule has 1 aromatic rings. The van der Waals surface area contributed by atoms with E-state index in [0.717, 1.165) is 11.3 Å². The lowest BCUT2D eigenvalue weighted by atomic mass is 10.1. The van der Waals surface area contributed by atoms with Gasteiger partial charge in [0.2, 0.25) is 0 Å².